The lowest BCUT2D eigenvalue weighted by Crippen LogP contribution is -2.36. The van der Waals surface area contributed by atoms with E-state index in [1.165, 1.54) is 11.1 Å². The van der Waals surface area contributed by atoms with Crippen molar-refractivity contribution in [3.05, 3.63) is 29.6 Å². The van der Waals surface area contributed by atoms with Crippen LogP contribution in [0.3, 0.4) is 0 Å². The molecule has 1 aromatic rings. The van der Waals surface area contributed by atoms with Crippen molar-refractivity contribution in [2.75, 3.05) is 40.0 Å². The highest BCUT2D eigenvalue weighted by atomic mass is 16.5. The Morgan fingerprint density at radius 3 is 2.75 bits per heavy atom. The molecule has 0 unspecified atom stereocenters. The normalized spacial score (nSPS) is 9.75. The van der Waals surface area contributed by atoms with Crippen LogP contribution in [0.15, 0.2) is 18.3 Å². The van der Waals surface area contributed by atoms with Gasteiger partial charge in [0.15, 0.2) is 0 Å². The Morgan fingerprint density at radius 1 is 1.40 bits per heavy atom. The van der Waals surface area contributed by atoms with Crippen LogP contribution in [0.25, 0.3) is 0 Å². The number of hydrogen-bond acceptors (Lipinski definition) is 5. The van der Waals surface area contributed by atoms with E-state index in [4.69, 9.17) is 14.9 Å². The van der Waals surface area contributed by atoms with Crippen molar-refractivity contribution in [2.45, 2.75) is 0 Å². The van der Waals surface area contributed by atoms with Gasteiger partial charge in [-0.1, -0.05) is 11.8 Å². The maximum atomic E-state index is 12.2. The molecule has 1 amide bonds. The van der Waals surface area contributed by atoms with E-state index in [0.717, 1.165) is 0 Å². The smallest absolute Gasteiger partial charge is 0.272 e. The van der Waals surface area contributed by atoms with E-state index in [1.54, 1.807) is 19.2 Å². The van der Waals surface area contributed by atoms with Crippen LogP contribution in [0, 0.1) is 11.8 Å². The molecular weight excluding hydrogens is 260 g/mol. The minimum Gasteiger partial charge on any atom is -0.395 e. The zero-order valence-electron chi connectivity index (χ0n) is 11.4. The molecule has 0 aromatic carbocycles. The van der Waals surface area contributed by atoms with Gasteiger partial charge in [0, 0.05) is 32.0 Å². The zero-order chi connectivity index (χ0) is 14.8. The molecule has 1 rings (SSSR count). The first-order valence-corrected chi connectivity index (χ1v) is 6.17. The van der Waals surface area contributed by atoms with Crippen molar-refractivity contribution in [3.63, 3.8) is 0 Å². The van der Waals surface area contributed by atoms with Crippen LogP contribution < -0.4 is 0 Å². The van der Waals surface area contributed by atoms with Crippen molar-refractivity contribution in [3.8, 4) is 11.8 Å². The lowest BCUT2D eigenvalue weighted by Gasteiger charge is -2.20. The summed E-state index contributed by atoms with van der Waals surface area (Å²) < 4.78 is 4.93. The first kappa shape index (κ1) is 16.1. The van der Waals surface area contributed by atoms with Crippen LogP contribution in [0.5, 0.6) is 0 Å². The van der Waals surface area contributed by atoms with Crippen molar-refractivity contribution in [2.24, 2.45) is 0 Å². The van der Waals surface area contributed by atoms with E-state index in [2.05, 4.69) is 16.8 Å². The van der Waals surface area contributed by atoms with Gasteiger partial charge < -0.3 is 19.8 Å². The fourth-order valence-electron chi connectivity index (χ4n) is 1.53. The number of amides is 1. The van der Waals surface area contributed by atoms with Crippen LogP contribution in [0.1, 0.15) is 16.1 Å². The molecule has 20 heavy (non-hydrogen) atoms. The number of carbonyl (C=O) groups is 1. The Bertz CT molecular complexity index is 476. The third kappa shape index (κ3) is 4.97. The number of pyridine rings is 1. The second-order valence-electron chi connectivity index (χ2n) is 3.90. The molecule has 1 heterocycles. The summed E-state index contributed by atoms with van der Waals surface area (Å²) in [5, 5.41) is 17.6. The molecule has 0 radical (unpaired) electrons. The second kappa shape index (κ2) is 9.04. The van der Waals surface area contributed by atoms with Gasteiger partial charge in [-0.3, -0.25) is 4.79 Å². The molecule has 108 valence electrons. The van der Waals surface area contributed by atoms with Crippen molar-refractivity contribution in [1.29, 1.82) is 0 Å². The summed E-state index contributed by atoms with van der Waals surface area (Å²) in [7, 11) is 1.55. The maximum Gasteiger partial charge on any atom is 0.272 e. The third-order valence-electron chi connectivity index (χ3n) is 2.52. The number of hydrogen-bond donors (Lipinski definition) is 2. The standard InChI is InChI=1S/C14H18N2O4/c1-20-10-7-16(6-9-18)14(19)13-5-4-12(11-15-13)3-2-8-17/h4-5,11,17-18H,6-10H2,1H3. The summed E-state index contributed by atoms with van der Waals surface area (Å²) in [6.45, 7) is 0.683. The van der Waals surface area contributed by atoms with Gasteiger partial charge in [0.05, 0.1) is 13.2 Å². The van der Waals surface area contributed by atoms with Crippen molar-refractivity contribution >= 4 is 5.91 Å². The average molecular weight is 278 g/mol. The quantitative estimate of drug-likeness (QED) is 0.686. The van der Waals surface area contributed by atoms with Crippen LogP contribution in [0.4, 0.5) is 0 Å². The van der Waals surface area contributed by atoms with Gasteiger partial charge in [0.2, 0.25) is 0 Å². The summed E-state index contributed by atoms with van der Waals surface area (Å²) in [5.74, 6) is 4.94. The number of carbonyl (C=O) groups excluding carboxylic acids is 1. The Hall–Kier alpha value is -1.94. The molecule has 0 atom stereocenters. The minimum atomic E-state index is -0.266. The predicted octanol–water partition coefficient (Wildman–Crippen LogP) is -0.494. The van der Waals surface area contributed by atoms with E-state index in [9.17, 15) is 4.79 Å². The third-order valence-corrected chi connectivity index (χ3v) is 2.52. The largest absolute Gasteiger partial charge is 0.395 e. The number of aliphatic hydroxyl groups excluding tert-OH is 2. The molecule has 0 aliphatic rings. The highest BCUT2D eigenvalue weighted by Crippen LogP contribution is 2.04. The molecule has 6 heteroatoms. The highest BCUT2D eigenvalue weighted by Gasteiger charge is 2.16. The Balaban J connectivity index is 2.77. The predicted molar refractivity (Wildman–Crippen MR) is 73.1 cm³/mol. The summed E-state index contributed by atoms with van der Waals surface area (Å²) in [6, 6.07) is 3.23. The molecular formula is C14H18N2O4. The first-order valence-electron chi connectivity index (χ1n) is 6.17. The topological polar surface area (TPSA) is 82.9 Å². The number of aromatic nitrogens is 1. The van der Waals surface area contributed by atoms with Gasteiger partial charge in [0.25, 0.3) is 5.91 Å². The molecule has 0 saturated heterocycles. The van der Waals surface area contributed by atoms with Crippen LogP contribution in [-0.2, 0) is 4.74 Å². The molecule has 0 fully saturated rings. The Morgan fingerprint density at radius 2 is 2.20 bits per heavy atom. The molecule has 0 bridgehead atoms. The number of aliphatic hydroxyl groups is 2. The van der Waals surface area contributed by atoms with Crippen LogP contribution in [-0.4, -0.2) is 66.0 Å². The minimum absolute atomic E-state index is 0.116. The van der Waals surface area contributed by atoms with Gasteiger partial charge in [-0.2, -0.15) is 0 Å². The van der Waals surface area contributed by atoms with Gasteiger partial charge in [-0.25, -0.2) is 4.98 Å². The zero-order valence-corrected chi connectivity index (χ0v) is 11.4. The number of rotatable bonds is 6. The second-order valence-corrected chi connectivity index (χ2v) is 3.90. The summed E-state index contributed by atoms with van der Waals surface area (Å²) >= 11 is 0. The van der Waals surface area contributed by atoms with Crippen LogP contribution in [0.2, 0.25) is 0 Å². The van der Waals surface area contributed by atoms with Crippen molar-refractivity contribution in [1.82, 2.24) is 9.88 Å². The maximum absolute atomic E-state index is 12.2. The highest BCUT2D eigenvalue weighted by molar-refractivity contribution is 5.92. The molecule has 2 N–H and O–H groups in total. The average Bonchev–Trinajstić information content (AvgIpc) is 2.49. The fourth-order valence-corrected chi connectivity index (χ4v) is 1.53. The van der Waals surface area contributed by atoms with Crippen molar-refractivity contribution < 1.29 is 19.7 Å². The number of methoxy groups -OCH3 is 1. The molecule has 0 aliphatic heterocycles. The summed E-state index contributed by atoms with van der Waals surface area (Å²) in [4.78, 5) is 17.7. The lowest BCUT2D eigenvalue weighted by molar-refractivity contribution is 0.0651. The first-order chi connectivity index (χ1) is 9.72. The van der Waals surface area contributed by atoms with Gasteiger partial charge in [-0.05, 0) is 12.1 Å². The van der Waals surface area contributed by atoms with E-state index in [-0.39, 0.29) is 31.4 Å². The molecule has 0 saturated carbocycles. The van der Waals surface area contributed by atoms with E-state index in [1.807, 2.05) is 0 Å². The van der Waals surface area contributed by atoms with E-state index in [0.29, 0.717) is 18.7 Å². The Labute approximate surface area is 118 Å². The molecule has 1 aromatic heterocycles. The fraction of sp³-hybridized carbons (Fsp3) is 0.429. The van der Waals surface area contributed by atoms with E-state index < -0.39 is 0 Å². The Kier molecular flexibility index (Phi) is 7.29. The number of ether oxygens (including phenoxy) is 1. The summed E-state index contributed by atoms with van der Waals surface area (Å²) in [5.41, 5.74) is 0.908. The lowest BCUT2D eigenvalue weighted by atomic mass is 10.2. The number of nitrogens with zero attached hydrogens (tertiary/aromatic N) is 2. The van der Waals surface area contributed by atoms with E-state index >= 15 is 0 Å². The molecule has 0 aliphatic carbocycles. The SMILES string of the molecule is COCCN(CCO)C(=O)c1ccc(C#CCO)cn1. The molecule has 6 nitrogen and oxygen atoms in total. The van der Waals surface area contributed by atoms with Gasteiger partial charge >= 0.3 is 0 Å². The monoisotopic (exact) mass is 278 g/mol. The van der Waals surface area contributed by atoms with Gasteiger partial charge in [-0.15, -0.1) is 0 Å². The summed E-state index contributed by atoms with van der Waals surface area (Å²) in [6.07, 6.45) is 1.48. The van der Waals surface area contributed by atoms with Gasteiger partial charge in [0.1, 0.15) is 12.3 Å². The van der Waals surface area contributed by atoms with Crippen LogP contribution >= 0.6 is 0 Å². The molecule has 0 spiro atoms.